The number of alkyl halides is 5. The fourth-order valence-corrected chi connectivity index (χ4v) is 4.11. The molecule has 0 spiro atoms. The number of fused-ring (bicyclic) bond motifs is 1. The molecular formula is C20H24F5N3O. The number of likely N-dealkylation sites (tertiary alicyclic amines) is 1. The average Bonchev–Trinajstić information content (AvgIpc) is 3.14. The van der Waals surface area contributed by atoms with Crippen LogP contribution in [0.15, 0.2) is 30.5 Å². The first-order valence-corrected chi connectivity index (χ1v) is 9.84. The van der Waals surface area contributed by atoms with Crippen molar-refractivity contribution in [3.63, 3.8) is 0 Å². The van der Waals surface area contributed by atoms with Gasteiger partial charge < -0.3 is 14.6 Å². The lowest BCUT2D eigenvalue weighted by Crippen LogP contribution is -2.50. The molecule has 3 aliphatic heterocycles. The number of hydrogen-bond acceptors (Lipinski definition) is 4. The second kappa shape index (κ2) is 7.75. The third kappa shape index (κ3) is 4.66. The number of ether oxygens (including phenoxy) is 1. The quantitative estimate of drug-likeness (QED) is 0.694. The standard InChI is InChI=1S/C20H24F5N3O/c21-19(22)4-8-26(9-5-19)10-11-27-6-1-7-28(27)17-13-15-12-16(20(23,24)25)2-3-18(15)29-14-17/h1-3,7,12,17H,4-6,8-11,13-14H2/t17-/m1/s1. The Morgan fingerprint density at radius 1 is 1.10 bits per heavy atom. The minimum Gasteiger partial charge on any atom is -0.491 e. The summed E-state index contributed by atoms with van der Waals surface area (Å²) in [6.45, 7) is 3.19. The molecule has 4 rings (SSSR count). The molecule has 0 N–H and O–H groups in total. The first-order valence-electron chi connectivity index (χ1n) is 9.84. The lowest BCUT2D eigenvalue weighted by molar-refractivity contribution is -0.137. The molecule has 0 saturated carbocycles. The largest absolute Gasteiger partial charge is 0.491 e. The predicted molar refractivity (Wildman–Crippen MR) is 97.6 cm³/mol. The maximum absolute atomic E-state index is 13.3. The highest BCUT2D eigenvalue weighted by Crippen LogP contribution is 2.35. The van der Waals surface area contributed by atoms with E-state index >= 15 is 0 Å². The van der Waals surface area contributed by atoms with E-state index < -0.39 is 17.7 Å². The van der Waals surface area contributed by atoms with Gasteiger partial charge in [0, 0.05) is 58.2 Å². The summed E-state index contributed by atoms with van der Waals surface area (Å²) in [5.74, 6) is -2.06. The maximum Gasteiger partial charge on any atom is 0.416 e. The molecule has 0 radical (unpaired) electrons. The Kier molecular flexibility index (Phi) is 5.46. The van der Waals surface area contributed by atoms with E-state index in [0.29, 0.717) is 57.1 Å². The van der Waals surface area contributed by atoms with Gasteiger partial charge in [0.25, 0.3) is 5.92 Å². The molecule has 0 amide bonds. The minimum absolute atomic E-state index is 0.101. The van der Waals surface area contributed by atoms with Crippen molar-refractivity contribution in [2.24, 2.45) is 0 Å². The molecule has 9 heteroatoms. The molecule has 1 aromatic carbocycles. The number of halogens is 5. The minimum atomic E-state index is -4.38. The number of nitrogens with zero attached hydrogens (tertiary/aromatic N) is 3. The summed E-state index contributed by atoms with van der Waals surface area (Å²) in [6, 6.07) is 3.50. The van der Waals surface area contributed by atoms with E-state index in [1.807, 2.05) is 22.2 Å². The van der Waals surface area contributed by atoms with E-state index in [9.17, 15) is 22.0 Å². The van der Waals surface area contributed by atoms with E-state index in [-0.39, 0.29) is 18.9 Å². The smallest absolute Gasteiger partial charge is 0.416 e. The van der Waals surface area contributed by atoms with Crippen LogP contribution in [0.25, 0.3) is 0 Å². The van der Waals surface area contributed by atoms with Crippen LogP contribution in [0.4, 0.5) is 22.0 Å². The van der Waals surface area contributed by atoms with E-state index in [4.69, 9.17) is 4.74 Å². The molecule has 1 fully saturated rings. The van der Waals surface area contributed by atoms with Crippen LogP contribution in [-0.2, 0) is 12.6 Å². The summed E-state index contributed by atoms with van der Waals surface area (Å²) in [4.78, 5) is 2.04. The third-order valence-corrected chi connectivity index (χ3v) is 5.81. The number of benzene rings is 1. The summed E-state index contributed by atoms with van der Waals surface area (Å²) in [6.07, 6.45) is -0.223. The monoisotopic (exact) mass is 417 g/mol. The molecule has 3 heterocycles. The zero-order valence-electron chi connectivity index (χ0n) is 16.0. The van der Waals surface area contributed by atoms with Crippen molar-refractivity contribution in [1.82, 2.24) is 14.9 Å². The third-order valence-electron chi connectivity index (χ3n) is 5.81. The average molecular weight is 417 g/mol. The van der Waals surface area contributed by atoms with Gasteiger partial charge in [-0.25, -0.2) is 13.8 Å². The summed E-state index contributed by atoms with van der Waals surface area (Å²) in [7, 11) is 0. The molecule has 0 aromatic heterocycles. The number of hydrazine groups is 1. The first kappa shape index (κ1) is 20.4. The van der Waals surface area contributed by atoms with Crippen LogP contribution in [0, 0.1) is 0 Å². The molecule has 1 atom stereocenters. The molecule has 0 unspecified atom stereocenters. The molecule has 0 bridgehead atoms. The van der Waals surface area contributed by atoms with Crippen LogP contribution in [-0.4, -0.2) is 66.2 Å². The zero-order valence-corrected chi connectivity index (χ0v) is 16.0. The van der Waals surface area contributed by atoms with Crippen molar-refractivity contribution in [3.8, 4) is 5.75 Å². The Morgan fingerprint density at radius 2 is 1.86 bits per heavy atom. The van der Waals surface area contributed by atoms with Crippen LogP contribution in [0.2, 0.25) is 0 Å². The van der Waals surface area contributed by atoms with Gasteiger partial charge in [0.05, 0.1) is 11.6 Å². The first-order chi connectivity index (χ1) is 13.7. The number of rotatable bonds is 4. The van der Waals surface area contributed by atoms with Crippen LogP contribution >= 0.6 is 0 Å². The lowest BCUT2D eigenvalue weighted by atomic mass is 10.00. The summed E-state index contributed by atoms with van der Waals surface area (Å²) >= 11 is 0. The Balaban J connectivity index is 1.36. The lowest BCUT2D eigenvalue weighted by Gasteiger charge is -2.40. The van der Waals surface area contributed by atoms with Crippen LogP contribution in [0.5, 0.6) is 5.75 Å². The zero-order chi connectivity index (χ0) is 20.6. The van der Waals surface area contributed by atoms with E-state index in [2.05, 4.69) is 5.01 Å². The predicted octanol–water partition coefficient (Wildman–Crippen LogP) is 3.79. The van der Waals surface area contributed by atoms with Gasteiger partial charge in [-0.15, -0.1) is 0 Å². The molecule has 0 aliphatic carbocycles. The van der Waals surface area contributed by atoms with Gasteiger partial charge in [0.1, 0.15) is 12.4 Å². The van der Waals surface area contributed by atoms with Gasteiger partial charge >= 0.3 is 6.18 Å². The van der Waals surface area contributed by atoms with Crippen molar-refractivity contribution in [3.05, 3.63) is 41.6 Å². The van der Waals surface area contributed by atoms with E-state index in [0.717, 1.165) is 6.07 Å². The molecule has 29 heavy (non-hydrogen) atoms. The van der Waals surface area contributed by atoms with Gasteiger partial charge in [-0.1, -0.05) is 6.08 Å². The molecular weight excluding hydrogens is 393 g/mol. The summed E-state index contributed by atoms with van der Waals surface area (Å²) in [5.41, 5.74) is -0.120. The van der Waals surface area contributed by atoms with Crippen LogP contribution < -0.4 is 4.74 Å². The summed E-state index contributed by atoms with van der Waals surface area (Å²) in [5, 5.41) is 4.11. The Hall–Kier alpha value is -1.87. The molecule has 1 saturated heterocycles. The SMILES string of the molecule is FC1(F)CCN(CCN2CC=CN2[C@H]2COc3ccc(C(F)(F)F)cc3C2)CC1. The molecule has 1 aromatic rings. The van der Waals surface area contributed by atoms with Crippen molar-refractivity contribution in [1.29, 1.82) is 0 Å². The normalized spacial score (nSPS) is 25.1. The molecule has 160 valence electrons. The molecule has 4 nitrogen and oxygen atoms in total. The van der Waals surface area contributed by atoms with Crippen LogP contribution in [0.1, 0.15) is 24.0 Å². The van der Waals surface area contributed by atoms with Gasteiger partial charge in [-0.05, 0) is 23.8 Å². The van der Waals surface area contributed by atoms with Crippen molar-refractivity contribution in [2.45, 2.75) is 37.4 Å². The summed E-state index contributed by atoms with van der Waals surface area (Å²) < 4.78 is 71.4. The Morgan fingerprint density at radius 3 is 2.59 bits per heavy atom. The number of hydrogen-bond donors (Lipinski definition) is 0. The Labute approximate surface area is 166 Å². The highest BCUT2D eigenvalue weighted by atomic mass is 19.4. The topological polar surface area (TPSA) is 19.0 Å². The number of piperidine rings is 1. The van der Waals surface area contributed by atoms with Crippen molar-refractivity contribution in [2.75, 3.05) is 39.3 Å². The van der Waals surface area contributed by atoms with Gasteiger partial charge in [-0.3, -0.25) is 0 Å². The highest BCUT2D eigenvalue weighted by Gasteiger charge is 2.36. The van der Waals surface area contributed by atoms with E-state index in [1.54, 1.807) is 0 Å². The van der Waals surface area contributed by atoms with Gasteiger partial charge in [0.15, 0.2) is 0 Å². The second-order valence-corrected chi connectivity index (χ2v) is 7.86. The second-order valence-electron chi connectivity index (χ2n) is 7.86. The highest BCUT2D eigenvalue weighted by molar-refractivity contribution is 5.40. The van der Waals surface area contributed by atoms with Crippen LogP contribution in [0.3, 0.4) is 0 Å². The van der Waals surface area contributed by atoms with Crippen molar-refractivity contribution >= 4 is 0 Å². The van der Waals surface area contributed by atoms with Gasteiger partial charge in [-0.2, -0.15) is 13.2 Å². The Bertz CT molecular complexity index is 757. The van der Waals surface area contributed by atoms with Gasteiger partial charge in [0.2, 0.25) is 0 Å². The fraction of sp³-hybridized carbons (Fsp3) is 0.600. The molecule has 3 aliphatic rings. The fourth-order valence-electron chi connectivity index (χ4n) is 4.11. The van der Waals surface area contributed by atoms with E-state index in [1.165, 1.54) is 12.1 Å². The van der Waals surface area contributed by atoms with Crippen molar-refractivity contribution < 1.29 is 26.7 Å². The maximum atomic E-state index is 13.3.